The van der Waals surface area contributed by atoms with Crippen LogP contribution >= 0.6 is 0 Å². The average Bonchev–Trinajstić information content (AvgIpc) is 3.22. The van der Waals surface area contributed by atoms with Crippen molar-refractivity contribution in [3.8, 4) is 28.6 Å². The predicted octanol–water partition coefficient (Wildman–Crippen LogP) is 4.94. The molecule has 2 N–H and O–H groups in total. The number of hydrogen-bond acceptors (Lipinski definition) is 8. The van der Waals surface area contributed by atoms with Crippen LogP contribution in [0, 0.1) is 6.92 Å². The fourth-order valence-electron chi connectivity index (χ4n) is 3.67. The second kappa shape index (κ2) is 10.1. The molecule has 0 aliphatic carbocycles. The van der Waals surface area contributed by atoms with Crippen LogP contribution < -0.4 is 14.8 Å². The fourth-order valence-corrected chi connectivity index (χ4v) is 3.67. The van der Waals surface area contributed by atoms with E-state index in [2.05, 4.69) is 30.1 Å². The topological polar surface area (TPSA) is 124 Å². The maximum atomic E-state index is 12.7. The molecule has 3 aromatic heterocycles. The van der Waals surface area contributed by atoms with Gasteiger partial charge in [0.05, 0.1) is 29.7 Å². The van der Waals surface area contributed by atoms with Gasteiger partial charge in [-0.2, -0.15) is 9.78 Å². The van der Waals surface area contributed by atoms with E-state index in [4.69, 9.17) is 4.74 Å². The van der Waals surface area contributed by atoms with E-state index < -0.39 is 23.6 Å². The number of methoxy groups -OCH3 is 1. The van der Waals surface area contributed by atoms with Gasteiger partial charge in [-0.25, -0.2) is 14.8 Å². The van der Waals surface area contributed by atoms with Gasteiger partial charge in [-0.05, 0) is 37.6 Å². The van der Waals surface area contributed by atoms with Gasteiger partial charge < -0.3 is 19.9 Å². The molecule has 0 atom stereocenters. The third-order valence-electron chi connectivity index (χ3n) is 5.29. The lowest BCUT2D eigenvalue weighted by molar-refractivity contribution is -0.274. The standard InChI is InChI=1S/C24H21F3N6O4/c1-4-17-20(14-5-8-19(36-3)30-12-14)22(33(32-17)21-13(2)28-9-10-29-21)31-18-7-6-15(37-24(25,26)27)11-16(18)23(34)35/h5-12,31H,4H2,1-3H3,(H,34,35). The second-order valence-electron chi connectivity index (χ2n) is 7.68. The minimum atomic E-state index is -4.97. The molecule has 0 bridgehead atoms. The Balaban J connectivity index is 1.92. The van der Waals surface area contributed by atoms with E-state index >= 15 is 0 Å². The van der Waals surface area contributed by atoms with Crippen molar-refractivity contribution >= 4 is 17.5 Å². The molecule has 4 rings (SSSR count). The summed E-state index contributed by atoms with van der Waals surface area (Å²) in [6.07, 6.45) is 0.0999. The maximum absolute atomic E-state index is 12.7. The molecule has 37 heavy (non-hydrogen) atoms. The Labute approximate surface area is 208 Å². The summed E-state index contributed by atoms with van der Waals surface area (Å²) in [4.78, 5) is 24.9. The lowest BCUT2D eigenvalue weighted by Gasteiger charge is -2.16. The van der Waals surface area contributed by atoms with Crippen molar-refractivity contribution in [2.75, 3.05) is 12.4 Å². The number of nitrogens with one attached hydrogen (secondary N) is 1. The van der Waals surface area contributed by atoms with Crippen molar-refractivity contribution in [1.29, 1.82) is 0 Å². The van der Waals surface area contributed by atoms with Crippen LogP contribution in [0.1, 0.15) is 28.7 Å². The Hall–Kier alpha value is -4.68. The Kier molecular flexibility index (Phi) is 6.96. The SMILES string of the molecule is CCc1nn(-c2nccnc2C)c(Nc2ccc(OC(F)(F)F)cc2C(=O)O)c1-c1ccc(OC)nc1. The van der Waals surface area contributed by atoms with E-state index in [-0.39, 0.29) is 5.69 Å². The number of benzene rings is 1. The zero-order valence-corrected chi connectivity index (χ0v) is 19.9. The molecule has 3 heterocycles. The number of carboxylic acid groups (broad SMARTS) is 1. The van der Waals surface area contributed by atoms with Gasteiger partial charge in [0.1, 0.15) is 11.6 Å². The number of aromatic carboxylic acids is 1. The molecule has 10 nitrogen and oxygen atoms in total. The van der Waals surface area contributed by atoms with E-state index in [1.807, 2.05) is 6.92 Å². The quantitative estimate of drug-likeness (QED) is 0.336. The minimum absolute atomic E-state index is 0.00934. The Bertz CT molecular complexity index is 1440. The summed E-state index contributed by atoms with van der Waals surface area (Å²) in [5.41, 5.74) is 1.98. The molecule has 0 saturated heterocycles. The lowest BCUT2D eigenvalue weighted by Crippen LogP contribution is -2.17. The van der Waals surface area contributed by atoms with Crippen LogP contribution in [0.4, 0.5) is 24.7 Å². The summed E-state index contributed by atoms with van der Waals surface area (Å²) in [7, 11) is 1.49. The van der Waals surface area contributed by atoms with Crippen LogP contribution in [0.5, 0.6) is 11.6 Å². The number of carbonyl (C=O) groups is 1. The first-order chi connectivity index (χ1) is 17.6. The van der Waals surface area contributed by atoms with Crippen molar-refractivity contribution < 1.29 is 32.5 Å². The molecule has 0 fully saturated rings. The molecule has 0 spiro atoms. The van der Waals surface area contributed by atoms with Crippen LogP contribution in [0.25, 0.3) is 16.9 Å². The van der Waals surface area contributed by atoms with Crippen LogP contribution in [0.15, 0.2) is 48.9 Å². The Morgan fingerprint density at radius 3 is 2.49 bits per heavy atom. The summed E-state index contributed by atoms with van der Waals surface area (Å²) >= 11 is 0. The largest absolute Gasteiger partial charge is 0.573 e. The monoisotopic (exact) mass is 514 g/mol. The van der Waals surface area contributed by atoms with E-state index in [0.29, 0.717) is 46.5 Å². The molecule has 0 radical (unpaired) electrons. The van der Waals surface area contributed by atoms with Gasteiger partial charge in [-0.15, -0.1) is 13.2 Å². The maximum Gasteiger partial charge on any atom is 0.573 e. The van der Waals surface area contributed by atoms with Crippen molar-refractivity contribution in [3.63, 3.8) is 0 Å². The van der Waals surface area contributed by atoms with Gasteiger partial charge in [0.2, 0.25) is 5.88 Å². The number of carboxylic acids is 1. The molecule has 1 aromatic carbocycles. The van der Waals surface area contributed by atoms with Crippen molar-refractivity contribution in [2.45, 2.75) is 26.6 Å². The number of halogens is 3. The number of alkyl halides is 3. The van der Waals surface area contributed by atoms with Crippen LogP contribution in [-0.4, -0.2) is 49.3 Å². The van der Waals surface area contributed by atoms with E-state index in [1.165, 1.54) is 30.3 Å². The molecule has 0 aliphatic heterocycles. The number of pyridine rings is 1. The van der Waals surface area contributed by atoms with Gasteiger partial charge in [0, 0.05) is 35.8 Å². The van der Waals surface area contributed by atoms with Crippen LogP contribution in [0.3, 0.4) is 0 Å². The minimum Gasteiger partial charge on any atom is -0.481 e. The van der Waals surface area contributed by atoms with Crippen molar-refractivity contribution in [1.82, 2.24) is 24.7 Å². The van der Waals surface area contributed by atoms with E-state index in [0.717, 1.165) is 12.1 Å². The number of anilines is 2. The van der Waals surface area contributed by atoms with E-state index in [1.54, 1.807) is 25.3 Å². The number of aryl methyl sites for hydroxylation is 2. The summed E-state index contributed by atoms with van der Waals surface area (Å²) in [5, 5.41) is 17.5. The molecule has 0 unspecified atom stereocenters. The highest BCUT2D eigenvalue weighted by Crippen LogP contribution is 2.38. The first kappa shape index (κ1) is 25.4. The molecule has 0 saturated carbocycles. The van der Waals surface area contributed by atoms with Gasteiger partial charge in [0.15, 0.2) is 5.82 Å². The number of hydrogen-bond donors (Lipinski definition) is 2. The third-order valence-corrected chi connectivity index (χ3v) is 5.29. The highest BCUT2D eigenvalue weighted by molar-refractivity contribution is 5.96. The number of aromatic nitrogens is 5. The smallest absolute Gasteiger partial charge is 0.481 e. The molecule has 192 valence electrons. The summed E-state index contributed by atoms with van der Waals surface area (Å²) in [6.45, 7) is 3.63. The number of ether oxygens (including phenoxy) is 2. The molecule has 13 heteroatoms. The first-order valence-electron chi connectivity index (χ1n) is 10.9. The Morgan fingerprint density at radius 1 is 1.14 bits per heavy atom. The number of rotatable bonds is 8. The molecular formula is C24H21F3N6O4. The fraction of sp³-hybridized carbons (Fsp3) is 0.208. The first-order valence-corrected chi connectivity index (χ1v) is 10.9. The molecule has 4 aromatic rings. The summed E-state index contributed by atoms with van der Waals surface area (Å²) < 4.78 is 48.7. The van der Waals surface area contributed by atoms with E-state index in [9.17, 15) is 23.1 Å². The van der Waals surface area contributed by atoms with Gasteiger partial charge >= 0.3 is 12.3 Å². The third kappa shape index (κ3) is 5.44. The van der Waals surface area contributed by atoms with Crippen LogP contribution in [-0.2, 0) is 6.42 Å². The Morgan fingerprint density at radius 2 is 1.89 bits per heavy atom. The average molecular weight is 514 g/mol. The molecule has 0 aliphatic rings. The number of nitrogens with zero attached hydrogens (tertiary/aromatic N) is 5. The van der Waals surface area contributed by atoms with Crippen LogP contribution in [0.2, 0.25) is 0 Å². The highest BCUT2D eigenvalue weighted by Gasteiger charge is 2.32. The highest BCUT2D eigenvalue weighted by atomic mass is 19.4. The molecule has 0 amide bonds. The zero-order valence-electron chi connectivity index (χ0n) is 19.9. The summed E-state index contributed by atoms with van der Waals surface area (Å²) in [5.74, 6) is -1.04. The lowest BCUT2D eigenvalue weighted by atomic mass is 10.1. The zero-order chi connectivity index (χ0) is 26.7. The van der Waals surface area contributed by atoms with Crippen molar-refractivity contribution in [3.05, 3.63) is 65.9 Å². The normalized spacial score (nSPS) is 11.3. The molecular weight excluding hydrogens is 493 g/mol. The predicted molar refractivity (Wildman–Crippen MR) is 126 cm³/mol. The second-order valence-corrected chi connectivity index (χ2v) is 7.68. The summed E-state index contributed by atoms with van der Waals surface area (Å²) in [6, 6.07) is 6.43. The van der Waals surface area contributed by atoms with Gasteiger partial charge in [-0.3, -0.25) is 4.98 Å². The van der Waals surface area contributed by atoms with Crippen molar-refractivity contribution in [2.24, 2.45) is 0 Å². The van der Waals surface area contributed by atoms with Gasteiger partial charge in [0.25, 0.3) is 0 Å². The van der Waals surface area contributed by atoms with Gasteiger partial charge in [-0.1, -0.05) is 6.92 Å².